The molecule has 0 amide bonds. The quantitative estimate of drug-likeness (QED) is 0.440. The van der Waals surface area contributed by atoms with Crippen molar-refractivity contribution >= 4 is 5.97 Å². The minimum atomic E-state index is -0.256. The van der Waals surface area contributed by atoms with Gasteiger partial charge < -0.3 is 9.47 Å². The molecule has 0 spiro atoms. The van der Waals surface area contributed by atoms with E-state index in [2.05, 4.69) is 0 Å². The fourth-order valence-corrected chi connectivity index (χ4v) is 0.943. The van der Waals surface area contributed by atoms with E-state index in [4.69, 9.17) is 9.47 Å². The summed E-state index contributed by atoms with van der Waals surface area (Å²) in [5.41, 5.74) is 1.03. The zero-order valence-electron chi connectivity index (χ0n) is 6.63. The highest BCUT2D eigenvalue weighted by Crippen LogP contribution is 2.10. The Morgan fingerprint density at radius 2 is 2.64 bits per heavy atom. The lowest BCUT2D eigenvalue weighted by molar-refractivity contribution is -0.137. The van der Waals surface area contributed by atoms with E-state index in [-0.39, 0.29) is 5.97 Å². The molecule has 1 rings (SSSR count). The molecule has 62 valence electrons. The second-order valence-corrected chi connectivity index (χ2v) is 2.36. The Morgan fingerprint density at radius 3 is 3.18 bits per heavy atom. The lowest BCUT2D eigenvalue weighted by Gasteiger charge is -1.95. The fourth-order valence-electron chi connectivity index (χ4n) is 0.943. The van der Waals surface area contributed by atoms with Gasteiger partial charge in [-0.15, -0.1) is 0 Å². The maximum absolute atomic E-state index is 10.8. The number of rotatable bonds is 2. The number of ether oxygens (including phenoxy) is 2. The van der Waals surface area contributed by atoms with E-state index in [1.165, 1.54) is 6.08 Å². The standard InChI is InChI=1S/C8H12O3/c1-2-11-8(9)5-7-3-4-10-6-7/h5H,2-4,6H2,1H3/b7-5-. The zero-order valence-corrected chi connectivity index (χ0v) is 6.63. The van der Waals surface area contributed by atoms with Crippen LogP contribution in [0.4, 0.5) is 0 Å². The van der Waals surface area contributed by atoms with Crippen LogP contribution in [0.2, 0.25) is 0 Å². The first kappa shape index (κ1) is 8.27. The molecule has 0 aromatic rings. The van der Waals surface area contributed by atoms with Gasteiger partial charge >= 0.3 is 5.97 Å². The van der Waals surface area contributed by atoms with Gasteiger partial charge in [0.2, 0.25) is 0 Å². The highest BCUT2D eigenvalue weighted by molar-refractivity contribution is 5.82. The van der Waals surface area contributed by atoms with Gasteiger partial charge in [0.15, 0.2) is 0 Å². The normalized spacial score (nSPS) is 20.6. The van der Waals surface area contributed by atoms with E-state index in [1.807, 2.05) is 0 Å². The van der Waals surface area contributed by atoms with Crippen LogP contribution < -0.4 is 0 Å². The summed E-state index contributed by atoms with van der Waals surface area (Å²) in [4.78, 5) is 10.8. The van der Waals surface area contributed by atoms with E-state index in [1.54, 1.807) is 6.92 Å². The number of hydrogen-bond donors (Lipinski definition) is 0. The van der Waals surface area contributed by atoms with Crippen molar-refractivity contribution < 1.29 is 14.3 Å². The Hall–Kier alpha value is -0.830. The molecule has 0 radical (unpaired) electrons. The number of esters is 1. The summed E-state index contributed by atoms with van der Waals surface area (Å²) in [5, 5.41) is 0. The van der Waals surface area contributed by atoms with Gasteiger partial charge in [-0.05, 0) is 18.9 Å². The lowest BCUT2D eigenvalue weighted by atomic mass is 10.2. The van der Waals surface area contributed by atoms with E-state index < -0.39 is 0 Å². The van der Waals surface area contributed by atoms with Gasteiger partial charge in [-0.1, -0.05) is 0 Å². The van der Waals surface area contributed by atoms with Gasteiger partial charge in [0, 0.05) is 6.08 Å². The van der Waals surface area contributed by atoms with Gasteiger partial charge in [-0.2, -0.15) is 0 Å². The third-order valence-corrected chi connectivity index (χ3v) is 1.46. The van der Waals surface area contributed by atoms with Gasteiger partial charge in [-0.25, -0.2) is 4.79 Å². The van der Waals surface area contributed by atoms with Gasteiger partial charge in [0.1, 0.15) is 0 Å². The van der Waals surface area contributed by atoms with Crippen molar-refractivity contribution in [3.8, 4) is 0 Å². The molecular weight excluding hydrogens is 144 g/mol. The van der Waals surface area contributed by atoms with Crippen LogP contribution in [0, 0.1) is 0 Å². The minimum Gasteiger partial charge on any atom is -0.463 e. The van der Waals surface area contributed by atoms with E-state index in [0.29, 0.717) is 13.2 Å². The second-order valence-electron chi connectivity index (χ2n) is 2.36. The topological polar surface area (TPSA) is 35.5 Å². The smallest absolute Gasteiger partial charge is 0.330 e. The molecule has 0 aromatic heterocycles. The van der Waals surface area contributed by atoms with Crippen LogP contribution in [0.15, 0.2) is 11.6 Å². The molecule has 1 heterocycles. The van der Waals surface area contributed by atoms with E-state index >= 15 is 0 Å². The van der Waals surface area contributed by atoms with Crippen molar-refractivity contribution in [2.75, 3.05) is 19.8 Å². The van der Waals surface area contributed by atoms with Crippen LogP contribution in [0.5, 0.6) is 0 Å². The maximum atomic E-state index is 10.8. The molecule has 1 saturated heterocycles. The molecule has 11 heavy (non-hydrogen) atoms. The summed E-state index contributed by atoms with van der Waals surface area (Å²) in [6, 6.07) is 0. The van der Waals surface area contributed by atoms with Gasteiger partial charge in [0.05, 0.1) is 19.8 Å². The summed E-state index contributed by atoms with van der Waals surface area (Å²) in [5.74, 6) is -0.256. The Bertz CT molecular complexity index is 164. The Kier molecular flexibility index (Phi) is 3.11. The van der Waals surface area contributed by atoms with Crippen molar-refractivity contribution in [2.24, 2.45) is 0 Å². The first-order valence-electron chi connectivity index (χ1n) is 3.77. The number of hydrogen-bond acceptors (Lipinski definition) is 3. The highest BCUT2D eigenvalue weighted by atomic mass is 16.5. The molecule has 1 aliphatic heterocycles. The summed E-state index contributed by atoms with van der Waals surface area (Å²) in [6.07, 6.45) is 2.38. The molecule has 0 aromatic carbocycles. The molecule has 0 bridgehead atoms. The molecule has 0 unspecified atom stereocenters. The van der Waals surface area contributed by atoms with Crippen LogP contribution in [-0.4, -0.2) is 25.8 Å². The molecule has 0 atom stereocenters. The van der Waals surface area contributed by atoms with Crippen molar-refractivity contribution in [1.29, 1.82) is 0 Å². The molecular formula is C8H12O3. The van der Waals surface area contributed by atoms with E-state index in [0.717, 1.165) is 18.6 Å². The largest absolute Gasteiger partial charge is 0.463 e. The maximum Gasteiger partial charge on any atom is 0.330 e. The van der Waals surface area contributed by atoms with Crippen LogP contribution in [0.3, 0.4) is 0 Å². The molecule has 0 N–H and O–H groups in total. The Labute approximate surface area is 66.0 Å². The Morgan fingerprint density at radius 1 is 1.82 bits per heavy atom. The highest BCUT2D eigenvalue weighted by Gasteiger charge is 2.08. The predicted molar refractivity (Wildman–Crippen MR) is 40.2 cm³/mol. The first-order valence-corrected chi connectivity index (χ1v) is 3.77. The second kappa shape index (κ2) is 4.13. The summed E-state index contributed by atoms with van der Waals surface area (Å²) in [6.45, 7) is 3.54. The third kappa shape index (κ3) is 2.72. The van der Waals surface area contributed by atoms with Crippen molar-refractivity contribution in [1.82, 2.24) is 0 Å². The molecule has 1 aliphatic rings. The first-order chi connectivity index (χ1) is 5.33. The molecule has 3 nitrogen and oxygen atoms in total. The van der Waals surface area contributed by atoms with Gasteiger partial charge in [0.25, 0.3) is 0 Å². The summed E-state index contributed by atoms with van der Waals surface area (Å²) in [7, 11) is 0. The monoisotopic (exact) mass is 156 g/mol. The van der Waals surface area contributed by atoms with Crippen LogP contribution >= 0.6 is 0 Å². The average molecular weight is 156 g/mol. The van der Waals surface area contributed by atoms with E-state index in [9.17, 15) is 4.79 Å². The van der Waals surface area contributed by atoms with Crippen molar-refractivity contribution in [2.45, 2.75) is 13.3 Å². The minimum absolute atomic E-state index is 0.256. The van der Waals surface area contributed by atoms with Crippen LogP contribution in [0.1, 0.15) is 13.3 Å². The molecule has 0 saturated carbocycles. The average Bonchev–Trinajstić information content (AvgIpc) is 2.40. The fraction of sp³-hybridized carbons (Fsp3) is 0.625. The third-order valence-electron chi connectivity index (χ3n) is 1.46. The number of carbonyl (C=O) groups is 1. The SMILES string of the molecule is CCOC(=O)/C=C1/CCOC1. The summed E-state index contributed by atoms with van der Waals surface area (Å²) < 4.78 is 9.79. The number of carbonyl (C=O) groups excluding carboxylic acids is 1. The Balaban J connectivity index is 2.36. The molecule has 3 heteroatoms. The van der Waals surface area contributed by atoms with Crippen molar-refractivity contribution in [3.63, 3.8) is 0 Å². The predicted octanol–water partition coefficient (Wildman–Crippen LogP) is 0.896. The summed E-state index contributed by atoms with van der Waals surface area (Å²) >= 11 is 0. The van der Waals surface area contributed by atoms with Crippen LogP contribution in [0.25, 0.3) is 0 Å². The zero-order chi connectivity index (χ0) is 8.10. The van der Waals surface area contributed by atoms with Crippen LogP contribution in [-0.2, 0) is 14.3 Å². The molecule has 0 aliphatic carbocycles. The van der Waals surface area contributed by atoms with Gasteiger partial charge in [-0.3, -0.25) is 0 Å². The molecule has 1 fully saturated rings. The lowest BCUT2D eigenvalue weighted by Crippen LogP contribution is -2.01. The van der Waals surface area contributed by atoms with Crippen molar-refractivity contribution in [3.05, 3.63) is 11.6 Å².